The number of benzene rings is 1. The number of rotatable bonds is 3. The molecule has 1 aromatic heterocycles. The van der Waals surface area contributed by atoms with E-state index in [4.69, 9.17) is 4.98 Å². The number of thioether (sulfide) groups is 1. The van der Waals surface area contributed by atoms with Crippen LogP contribution in [0, 0.1) is 10.1 Å². The largest absolute Gasteiger partial charge is 0.354 e. The Morgan fingerprint density at radius 2 is 1.81 bits per heavy atom. The molecule has 0 bridgehead atoms. The molecule has 1 aromatic carbocycles. The molecule has 0 amide bonds. The summed E-state index contributed by atoms with van der Waals surface area (Å²) in [5.41, 5.74) is 0.156. The second-order valence-corrected chi connectivity index (χ2v) is 7.49. The Morgan fingerprint density at radius 3 is 2.50 bits per heavy atom. The van der Waals surface area contributed by atoms with Gasteiger partial charge in [0.1, 0.15) is 11.6 Å². The van der Waals surface area contributed by atoms with Gasteiger partial charge >= 0.3 is 0 Å². The van der Waals surface area contributed by atoms with Crippen LogP contribution in [0.5, 0.6) is 0 Å². The molecule has 2 saturated heterocycles. The molecule has 3 heterocycles. The smallest absolute Gasteiger partial charge is 0.277 e. The number of fused-ring (bicyclic) bond motifs is 1. The Labute approximate surface area is 162 Å². The van der Waals surface area contributed by atoms with Crippen molar-refractivity contribution < 1.29 is 4.92 Å². The maximum Gasteiger partial charge on any atom is 0.277 e. The van der Waals surface area contributed by atoms with Crippen LogP contribution in [0.15, 0.2) is 24.3 Å². The van der Waals surface area contributed by atoms with E-state index in [9.17, 15) is 10.1 Å². The van der Waals surface area contributed by atoms with E-state index in [-0.39, 0.29) is 23.0 Å². The van der Waals surface area contributed by atoms with Gasteiger partial charge in [0.15, 0.2) is 0 Å². The number of non-ortho nitro benzene ring substituents is 1. The summed E-state index contributed by atoms with van der Waals surface area (Å²) in [6, 6.07) is 7.18. The number of piperazine rings is 1. The van der Waals surface area contributed by atoms with Gasteiger partial charge in [-0.05, 0) is 6.07 Å². The lowest BCUT2D eigenvalue weighted by atomic mass is 10.1. The summed E-state index contributed by atoms with van der Waals surface area (Å²) in [7, 11) is 0. The number of hydrogen-bond acceptors (Lipinski definition) is 7. The lowest BCUT2D eigenvalue weighted by molar-refractivity contribution is -0.383. The van der Waals surface area contributed by atoms with E-state index in [0.717, 1.165) is 67.8 Å². The van der Waals surface area contributed by atoms with Gasteiger partial charge in [0.2, 0.25) is 0 Å². The molecule has 0 saturated carbocycles. The number of halogens is 1. The van der Waals surface area contributed by atoms with Gasteiger partial charge in [-0.1, -0.05) is 12.1 Å². The van der Waals surface area contributed by atoms with E-state index in [1.165, 1.54) is 0 Å². The van der Waals surface area contributed by atoms with Gasteiger partial charge in [-0.2, -0.15) is 11.8 Å². The van der Waals surface area contributed by atoms with Gasteiger partial charge in [0.05, 0.1) is 10.3 Å². The zero-order valence-corrected chi connectivity index (χ0v) is 16.0. The molecule has 7 nitrogen and oxygen atoms in total. The van der Waals surface area contributed by atoms with E-state index < -0.39 is 0 Å². The molecule has 2 aliphatic heterocycles. The SMILES string of the molecule is Cl.O=[N+]([O-])c1cccc2c(N3CCSCC3)nc(N3CCNCC3)cc12. The quantitative estimate of drug-likeness (QED) is 0.632. The predicted molar refractivity (Wildman–Crippen MR) is 110 cm³/mol. The van der Waals surface area contributed by atoms with Crippen LogP contribution in [-0.4, -0.2) is 60.7 Å². The van der Waals surface area contributed by atoms with E-state index >= 15 is 0 Å². The minimum Gasteiger partial charge on any atom is -0.354 e. The predicted octanol–water partition coefficient (Wildman–Crippen LogP) is 2.53. The number of anilines is 2. The summed E-state index contributed by atoms with van der Waals surface area (Å²) in [5, 5.41) is 16.4. The van der Waals surface area contributed by atoms with Crippen molar-refractivity contribution in [3.8, 4) is 0 Å². The average molecular weight is 396 g/mol. The van der Waals surface area contributed by atoms with Crippen LogP contribution in [0.25, 0.3) is 10.8 Å². The Bertz CT molecular complexity index is 794. The van der Waals surface area contributed by atoms with E-state index in [0.29, 0.717) is 5.39 Å². The van der Waals surface area contributed by atoms with E-state index in [1.807, 2.05) is 23.9 Å². The second-order valence-electron chi connectivity index (χ2n) is 6.27. The highest BCUT2D eigenvalue weighted by molar-refractivity contribution is 7.99. The van der Waals surface area contributed by atoms with Crippen LogP contribution in [-0.2, 0) is 0 Å². The van der Waals surface area contributed by atoms with Gasteiger partial charge in [-0.3, -0.25) is 10.1 Å². The summed E-state index contributed by atoms with van der Waals surface area (Å²) >= 11 is 1.94. The average Bonchev–Trinajstić information content (AvgIpc) is 2.68. The summed E-state index contributed by atoms with van der Waals surface area (Å²) in [6.45, 7) is 5.42. The molecule has 2 aromatic rings. The van der Waals surface area contributed by atoms with Crippen molar-refractivity contribution in [3.63, 3.8) is 0 Å². The number of hydrogen-bond donors (Lipinski definition) is 1. The molecule has 0 atom stereocenters. The van der Waals surface area contributed by atoms with Gasteiger partial charge in [-0.15, -0.1) is 12.4 Å². The summed E-state index contributed by atoms with van der Waals surface area (Å²) in [4.78, 5) is 20.7. The third-order valence-corrected chi connectivity index (χ3v) is 5.71. The maximum atomic E-state index is 11.5. The normalized spacial score (nSPS) is 17.8. The van der Waals surface area contributed by atoms with Gasteiger partial charge < -0.3 is 15.1 Å². The van der Waals surface area contributed by atoms with Crippen LogP contribution in [0.4, 0.5) is 17.3 Å². The number of aromatic nitrogens is 1. The summed E-state index contributed by atoms with van der Waals surface area (Å²) in [6.07, 6.45) is 0. The first kappa shape index (κ1) is 19.0. The van der Waals surface area contributed by atoms with Gasteiger partial charge in [0, 0.05) is 62.2 Å². The third kappa shape index (κ3) is 3.67. The third-order valence-electron chi connectivity index (χ3n) is 4.77. The lowest BCUT2D eigenvalue weighted by Crippen LogP contribution is -2.44. The Balaban J connectivity index is 0.00000196. The van der Waals surface area contributed by atoms with Crippen molar-refractivity contribution >= 4 is 52.3 Å². The molecule has 26 heavy (non-hydrogen) atoms. The van der Waals surface area contributed by atoms with Crippen LogP contribution >= 0.6 is 24.2 Å². The van der Waals surface area contributed by atoms with Crippen LogP contribution < -0.4 is 15.1 Å². The molecule has 0 radical (unpaired) electrons. The molecule has 0 spiro atoms. The van der Waals surface area contributed by atoms with Crippen LogP contribution in [0.2, 0.25) is 0 Å². The Kier molecular flexibility index (Phi) is 6.05. The Morgan fingerprint density at radius 1 is 1.08 bits per heavy atom. The highest BCUT2D eigenvalue weighted by Crippen LogP contribution is 2.35. The van der Waals surface area contributed by atoms with Crippen LogP contribution in [0.1, 0.15) is 0 Å². The molecule has 2 aliphatic rings. The number of nitrogens with one attached hydrogen (secondary N) is 1. The highest BCUT2D eigenvalue weighted by Gasteiger charge is 2.23. The monoisotopic (exact) mass is 395 g/mol. The fourth-order valence-corrected chi connectivity index (χ4v) is 4.36. The Hall–Kier alpha value is -1.77. The van der Waals surface area contributed by atoms with E-state index in [1.54, 1.807) is 12.1 Å². The van der Waals surface area contributed by atoms with Crippen molar-refractivity contribution in [1.82, 2.24) is 10.3 Å². The summed E-state index contributed by atoms with van der Waals surface area (Å²) in [5.74, 6) is 3.86. The van der Waals surface area contributed by atoms with Gasteiger partial charge in [0.25, 0.3) is 5.69 Å². The molecule has 140 valence electrons. The minimum absolute atomic E-state index is 0. The first-order valence-corrected chi connectivity index (χ1v) is 9.76. The fraction of sp³-hybridized carbons (Fsp3) is 0.471. The molecule has 2 fully saturated rings. The standard InChI is InChI=1S/C17H21N5O2S.ClH/c23-22(24)15-3-1-2-13-14(15)12-16(20-6-4-18-5-7-20)19-17(13)21-8-10-25-11-9-21;/h1-3,12,18H,4-11H2;1H. The van der Waals surface area contributed by atoms with Crippen molar-refractivity contribution in [2.75, 3.05) is 60.6 Å². The topological polar surface area (TPSA) is 74.5 Å². The molecule has 4 rings (SSSR count). The number of nitro benzene ring substituents is 1. The summed E-state index contributed by atoms with van der Waals surface area (Å²) < 4.78 is 0. The molecular formula is C17H22ClN5O2S. The molecule has 0 aliphatic carbocycles. The zero-order valence-electron chi connectivity index (χ0n) is 14.4. The van der Waals surface area contributed by atoms with Gasteiger partial charge in [-0.25, -0.2) is 4.98 Å². The maximum absolute atomic E-state index is 11.5. The van der Waals surface area contributed by atoms with Crippen molar-refractivity contribution in [3.05, 3.63) is 34.4 Å². The lowest BCUT2D eigenvalue weighted by Gasteiger charge is -2.32. The first-order valence-electron chi connectivity index (χ1n) is 8.60. The molecule has 1 N–H and O–H groups in total. The van der Waals surface area contributed by atoms with Crippen molar-refractivity contribution in [1.29, 1.82) is 0 Å². The first-order chi connectivity index (χ1) is 12.2. The van der Waals surface area contributed by atoms with Crippen LogP contribution in [0.3, 0.4) is 0 Å². The number of nitro groups is 1. The zero-order chi connectivity index (χ0) is 17.2. The van der Waals surface area contributed by atoms with Crippen molar-refractivity contribution in [2.24, 2.45) is 0 Å². The highest BCUT2D eigenvalue weighted by atomic mass is 35.5. The molecule has 9 heteroatoms. The minimum atomic E-state index is -0.292. The number of pyridine rings is 1. The fourth-order valence-electron chi connectivity index (χ4n) is 3.46. The molecular weight excluding hydrogens is 374 g/mol. The van der Waals surface area contributed by atoms with E-state index in [2.05, 4.69) is 15.1 Å². The second kappa shape index (κ2) is 8.28. The number of nitrogens with zero attached hydrogens (tertiary/aromatic N) is 4. The van der Waals surface area contributed by atoms with Crippen molar-refractivity contribution in [2.45, 2.75) is 0 Å². The molecule has 0 unspecified atom stereocenters.